The summed E-state index contributed by atoms with van der Waals surface area (Å²) in [5.41, 5.74) is 0. The lowest BCUT2D eigenvalue weighted by Gasteiger charge is -2.35. The summed E-state index contributed by atoms with van der Waals surface area (Å²) in [6, 6.07) is 0.310. The summed E-state index contributed by atoms with van der Waals surface area (Å²) in [5.74, 6) is 0.777. The Morgan fingerprint density at radius 3 is 3.00 bits per heavy atom. The highest BCUT2D eigenvalue weighted by Crippen LogP contribution is 2.16. The SMILES string of the molecule is CCNCC1COCCN1c1ncc(Br)cn1. The molecule has 0 aliphatic carbocycles. The van der Waals surface area contributed by atoms with E-state index in [9.17, 15) is 0 Å². The van der Waals surface area contributed by atoms with Crippen LogP contribution in [0.2, 0.25) is 0 Å². The Kier molecular flexibility index (Phi) is 4.70. The van der Waals surface area contributed by atoms with E-state index in [1.54, 1.807) is 12.4 Å². The molecule has 2 rings (SSSR count). The Hall–Kier alpha value is -0.720. The smallest absolute Gasteiger partial charge is 0.225 e. The number of hydrogen-bond acceptors (Lipinski definition) is 5. The third-order valence-corrected chi connectivity index (χ3v) is 3.13. The fourth-order valence-electron chi connectivity index (χ4n) is 1.85. The van der Waals surface area contributed by atoms with Gasteiger partial charge in [-0.25, -0.2) is 9.97 Å². The standard InChI is InChI=1S/C11H17BrN4O/c1-2-13-7-10-8-17-4-3-16(10)11-14-5-9(12)6-15-11/h5-6,10,13H,2-4,7-8H2,1H3. The van der Waals surface area contributed by atoms with Crippen molar-refractivity contribution < 1.29 is 4.74 Å². The Labute approximate surface area is 110 Å². The molecule has 1 atom stereocenters. The summed E-state index contributed by atoms with van der Waals surface area (Å²) in [7, 11) is 0. The average molecular weight is 301 g/mol. The molecule has 6 heteroatoms. The number of anilines is 1. The minimum atomic E-state index is 0.310. The van der Waals surface area contributed by atoms with E-state index in [4.69, 9.17) is 4.74 Å². The van der Waals surface area contributed by atoms with Crippen LogP contribution in [0.15, 0.2) is 16.9 Å². The van der Waals surface area contributed by atoms with Crippen molar-refractivity contribution in [2.75, 3.05) is 37.7 Å². The molecule has 1 saturated heterocycles. The Morgan fingerprint density at radius 1 is 1.53 bits per heavy atom. The summed E-state index contributed by atoms with van der Waals surface area (Å²) in [6.45, 7) is 6.28. The molecular formula is C11H17BrN4O. The van der Waals surface area contributed by atoms with Crippen molar-refractivity contribution in [3.05, 3.63) is 16.9 Å². The van der Waals surface area contributed by atoms with Gasteiger partial charge in [0.15, 0.2) is 0 Å². The first kappa shape index (κ1) is 12.7. The number of halogens is 1. The van der Waals surface area contributed by atoms with Gasteiger partial charge >= 0.3 is 0 Å². The number of nitrogens with one attached hydrogen (secondary N) is 1. The molecule has 1 aromatic heterocycles. The zero-order chi connectivity index (χ0) is 12.1. The van der Waals surface area contributed by atoms with Crippen LogP contribution in [0.1, 0.15) is 6.92 Å². The van der Waals surface area contributed by atoms with E-state index in [0.29, 0.717) is 6.04 Å². The van der Waals surface area contributed by atoms with Crippen LogP contribution < -0.4 is 10.2 Å². The molecule has 1 fully saturated rings. The van der Waals surface area contributed by atoms with Gasteiger partial charge in [0.05, 0.1) is 23.7 Å². The van der Waals surface area contributed by atoms with Crippen LogP contribution in [0.3, 0.4) is 0 Å². The summed E-state index contributed by atoms with van der Waals surface area (Å²) >= 11 is 3.35. The number of rotatable bonds is 4. The summed E-state index contributed by atoms with van der Waals surface area (Å²) in [6.07, 6.45) is 3.56. The van der Waals surface area contributed by atoms with E-state index < -0.39 is 0 Å². The molecule has 1 aliphatic heterocycles. The Bertz CT molecular complexity index is 346. The van der Waals surface area contributed by atoms with Crippen LogP contribution in [-0.4, -0.2) is 48.9 Å². The Balaban J connectivity index is 2.07. The first-order chi connectivity index (χ1) is 8.31. The highest BCUT2D eigenvalue weighted by Gasteiger charge is 2.24. The summed E-state index contributed by atoms with van der Waals surface area (Å²) < 4.78 is 6.41. The first-order valence-electron chi connectivity index (χ1n) is 5.84. The van der Waals surface area contributed by atoms with Crippen LogP contribution in [0, 0.1) is 0 Å². The molecule has 0 bridgehead atoms. The number of aromatic nitrogens is 2. The molecule has 2 heterocycles. The van der Waals surface area contributed by atoms with Crippen molar-refractivity contribution >= 4 is 21.9 Å². The quantitative estimate of drug-likeness (QED) is 0.901. The van der Waals surface area contributed by atoms with Crippen LogP contribution in [0.5, 0.6) is 0 Å². The van der Waals surface area contributed by atoms with E-state index in [-0.39, 0.29) is 0 Å². The molecule has 0 radical (unpaired) electrons. The van der Waals surface area contributed by atoms with Gasteiger partial charge in [-0.1, -0.05) is 6.92 Å². The van der Waals surface area contributed by atoms with Gasteiger partial charge in [0.1, 0.15) is 0 Å². The van der Waals surface area contributed by atoms with Crippen LogP contribution in [-0.2, 0) is 4.74 Å². The van der Waals surface area contributed by atoms with Gasteiger partial charge in [-0.3, -0.25) is 0 Å². The molecular weight excluding hydrogens is 284 g/mol. The minimum Gasteiger partial charge on any atom is -0.377 e. The summed E-state index contributed by atoms with van der Waals surface area (Å²) in [4.78, 5) is 10.9. The average Bonchev–Trinajstić information content (AvgIpc) is 2.38. The highest BCUT2D eigenvalue weighted by molar-refractivity contribution is 9.10. The molecule has 1 N–H and O–H groups in total. The molecule has 0 saturated carbocycles. The van der Waals surface area contributed by atoms with Gasteiger partial charge in [0.2, 0.25) is 5.95 Å². The van der Waals surface area contributed by atoms with E-state index in [2.05, 4.69) is 43.0 Å². The van der Waals surface area contributed by atoms with Crippen molar-refractivity contribution in [3.63, 3.8) is 0 Å². The fourth-order valence-corrected chi connectivity index (χ4v) is 2.06. The van der Waals surface area contributed by atoms with Crippen LogP contribution in [0.4, 0.5) is 5.95 Å². The molecule has 1 aromatic rings. The van der Waals surface area contributed by atoms with Gasteiger partial charge in [0.25, 0.3) is 0 Å². The lowest BCUT2D eigenvalue weighted by Crippen LogP contribution is -2.51. The molecule has 94 valence electrons. The minimum absolute atomic E-state index is 0.310. The summed E-state index contributed by atoms with van der Waals surface area (Å²) in [5, 5.41) is 3.34. The number of nitrogens with zero attached hydrogens (tertiary/aromatic N) is 3. The fraction of sp³-hybridized carbons (Fsp3) is 0.636. The maximum absolute atomic E-state index is 5.51. The monoisotopic (exact) mass is 300 g/mol. The Morgan fingerprint density at radius 2 is 2.29 bits per heavy atom. The van der Waals surface area contributed by atoms with Crippen molar-refractivity contribution in [1.82, 2.24) is 15.3 Å². The second kappa shape index (κ2) is 6.28. The van der Waals surface area contributed by atoms with Gasteiger partial charge < -0.3 is 15.0 Å². The van der Waals surface area contributed by atoms with Gasteiger partial charge in [0, 0.05) is 25.5 Å². The lowest BCUT2D eigenvalue weighted by molar-refractivity contribution is 0.0930. The topological polar surface area (TPSA) is 50.3 Å². The molecule has 1 unspecified atom stereocenters. The van der Waals surface area contributed by atoms with Crippen molar-refractivity contribution in [2.24, 2.45) is 0 Å². The first-order valence-corrected chi connectivity index (χ1v) is 6.63. The number of morpholine rings is 1. The van der Waals surface area contributed by atoms with E-state index >= 15 is 0 Å². The van der Waals surface area contributed by atoms with Gasteiger partial charge in [-0.05, 0) is 22.5 Å². The lowest BCUT2D eigenvalue weighted by atomic mass is 10.2. The molecule has 1 aliphatic rings. The second-order valence-corrected chi connectivity index (χ2v) is 4.85. The molecule has 0 aromatic carbocycles. The third-order valence-electron chi connectivity index (χ3n) is 2.72. The van der Waals surface area contributed by atoms with E-state index in [1.165, 1.54) is 0 Å². The maximum atomic E-state index is 5.51. The predicted octanol–water partition coefficient (Wildman–Crippen LogP) is 1.05. The van der Waals surface area contributed by atoms with Gasteiger partial charge in [-0.2, -0.15) is 0 Å². The zero-order valence-electron chi connectivity index (χ0n) is 9.90. The van der Waals surface area contributed by atoms with Crippen molar-refractivity contribution in [1.29, 1.82) is 0 Å². The second-order valence-electron chi connectivity index (χ2n) is 3.93. The van der Waals surface area contributed by atoms with E-state index in [0.717, 1.165) is 43.3 Å². The van der Waals surface area contributed by atoms with Gasteiger partial charge in [-0.15, -0.1) is 0 Å². The highest BCUT2D eigenvalue weighted by atomic mass is 79.9. The molecule has 0 spiro atoms. The number of hydrogen-bond donors (Lipinski definition) is 1. The maximum Gasteiger partial charge on any atom is 0.225 e. The van der Waals surface area contributed by atoms with Crippen LogP contribution in [0.25, 0.3) is 0 Å². The van der Waals surface area contributed by atoms with Crippen molar-refractivity contribution in [3.8, 4) is 0 Å². The number of ether oxygens (including phenoxy) is 1. The van der Waals surface area contributed by atoms with Crippen molar-refractivity contribution in [2.45, 2.75) is 13.0 Å². The van der Waals surface area contributed by atoms with E-state index in [1.807, 2.05) is 0 Å². The number of likely N-dealkylation sites (N-methyl/N-ethyl adjacent to an activating group) is 1. The van der Waals surface area contributed by atoms with Crippen LogP contribution >= 0.6 is 15.9 Å². The normalized spacial score (nSPS) is 20.6. The predicted molar refractivity (Wildman–Crippen MR) is 70.2 cm³/mol. The zero-order valence-corrected chi connectivity index (χ0v) is 11.5. The third kappa shape index (κ3) is 3.37. The largest absolute Gasteiger partial charge is 0.377 e. The molecule has 17 heavy (non-hydrogen) atoms. The molecule has 0 amide bonds. The molecule has 5 nitrogen and oxygen atoms in total.